The molecule has 0 aromatic rings. The normalized spacial score (nSPS) is 23.8. The van der Waals surface area contributed by atoms with Gasteiger partial charge in [-0.3, -0.25) is 4.79 Å². The van der Waals surface area contributed by atoms with Gasteiger partial charge in [0, 0.05) is 25.4 Å². The first-order chi connectivity index (χ1) is 10.1. The van der Waals surface area contributed by atoms with E-state index in [0.29, 0.717) is 24.2 Å². The van der Waals surface area contributed by atoms with Crippen molar-refractivity contribution in [2.24, 2.45) is 11.8 Å². The van der Waals surface area contributed by atoms with Crippen molar-refractivity contribution in [3.8, 4) is 0 Å². The Balaban J connectivity index is 1.64. The van der Waals surface area contributed by atoms with Crippen molar-refractivity contribution in [3.05, 3.63) is 0 Å². The van der Waals surface area contributed by atoms with Crippen LogP contribution in [-0.4, -0.2) is 54.3 Å². The topological polar surface area (TPSA) is 23.6 Å². The van der Waals surface area contributed by atoms with E-state index >= 15 is 0 Å². The molecule has 2 rings (SSSR count). The second-order valence-corrected chi connectivity index (χ2v) is 7.41. The molecule has 0 aromatic heterocycles. The van der Waals surface area contributed by atoms with Crippen molar-refractivity contribution in [2.45, 2.75) is 65.3 Å². The van der Waals surface area contributed by atoms with Crippen molar-refractivity contribution in [1.29, 1.82) is 0 Å². The van der Waals surface area contributed by atoms with Gasteiger partial charge in [0.05, 0.1) is 0 Å². The van der Waals surface area contributed by atoms with Gasteiger partial charge in [-0.25, -0.2) is 0 Å². The molecule has 3 heteroatoms. The molecule has 0 aromatic carbocycles. The van der Waals surface area contributed by atoms with Gasteiger partial charge in [0.1, 0.15) is 5.78 Å². The van der Waals surface area contributed by atoms with E-state index in [9.17, 15) is 4.79 Å². The number of Topliss-reactive ketones (excluding diaryl/α,β-unsaturated/α-hetero) is 1. The van der Waals surface area contributed by atoms with Gasteiger partial charge in [0.15, 0.2) is 0 Å². The Labute approximate surface area is 131 Å². The molecule has 21 heavy (non-hydrogen) atoms. The van der Waals surface area contributed by atoms with Gasteiger partial charge < -0.3 is 9.80 Å². The molecule has 122 valence electrons. The number of nitrogens with zero attached hydrogens (tertiary/aromatic N) is 2. The molecule has 2 aliphatic heterocycles. The van der Waals surface area contributed by atoms with Crippen LogP contribution in [0.15, 0.2) is 0 Å². The zero-order valence-electron chi connectivity index (χ0n) is 14.3. The zero-order valence-corrected chi connectivity index (χ0v) is 14.3. The number of hydrogen-bond acceptors (Lipinski definition) is 3. The number of ketones is 1. The van der Waals surface area contributed by atoms with E-state index in [1.165, 1.54) is 58.4 Å². The summed E-state index contributed by atoms with van der Waals surface area (Å²) < 4.78 is 0. The van der Waals surface area contributed by atoms with Gasteiger partial charge in [-0.05, 0) is 77.5 Å². The number of carbonyl (C=O) groups is 1. The van der Waals surface area contributed by atoms with Crippen molar-refractivity contribution >= 4 is 5.78 Å². The van der Waals surface area contributed by atoms with Crippen LogP contribution in [0, 0.1) is 11.8 Å². The lowest BCUT2D eigenvalue weighted by molar-refractivity contribution is -0.120. The van der Waals surface area contributed by atoms with E-state index < -0.39 is 0 Å². The Hall–Kier alpha value is -0.410. The number of carbonyl (C=O) groups excluding carboxylic acids is 1. The average molecular weight is 294 g/mol. The maximum atomic E-state index is 11.5. The molecule has 2 saturated heterocycles. The summed E-state index contributed by atoms with van der Waals surface area (Å²) in [5.74, 6) is 2.01. The Morgan fingerprint density at radius 1 is 1.00 bits per heavy atom. The second-order valence-electron chi connectivity index (χ2n) is 7.41. The summed E-state index contributed by atoms with van der Waals surface area (Å²) in [7, 11) is 0. The quantitative estimate of drug-likeness (QED) is 0.751. The molecule has 0 N–H and O–H groups in total. The van der Waals surface area contributed by atoms with Gasteiger partial charge in [-0.1, -0.05) is 6.92 Å². The molecule has 0 saturated carbocycles. The van der Waals surface area contributed by atoms with Gasteiger partial charge in [-0.15, -0.1) is 0 Å². The van der Waals surface area contributed by atoms with Crippen molar-refractivity contribution in [1.82, 2.24) is 9.80 Å². The Bertz CT molecular complexity index is 313. The Kier molecular flexibility index (Phi) is 6.69. The third-order valence-electron chi connectivity index (χ3n) is 5.51. The van der Waals surface area contributed by atoms with E-state index in [1.54, 1.807) is 0 Å². The van der Waals surface area contributed by atoms with E-state index in [2.05, 4.69) is 23.6 Å². The third-order valence-corrected chi connectivity index (χ3v) is 5.51. The van der Waals surface area contributed by atoms with E-state index in [1.807, 2.05) is 6.92 Å². The molecule has 2 fully saturated rings. The first kappa shape index (κ1) is 17.0. The van der Waals surface area contributed by atoms with Crippen LogP contribution in [-0.2, 0) is 4.79 Å². The number of rotatable bonds is 6. The van der Waals surface area contributed by atoms with Crippen LogP contribution in [0.3, 0.4) is 0 Å². The van der Waals surface area contributed by atoms with Crippen molar-refractivity contribution in [2.75, 3.05) is 32.7 Å². The summed E-state index contributed by atoms with van der Waals surface area (Å²) >= 11 is 0. The Morgan fingerprint density at radius 3 is 2.10 bits per heavy atom. The third kappa shape index (κ3) is 5.37. The highest BCUT2D eigenvalue weighted by Crippen LogP contribution is 2.25. The van der Waals surface area contributed by atoms with Crippen LogP contribution in [0.25, 0.3) is 0 Å². The molecule has 2 heterocycles. The molecule has 0 radical (unpaired) electrons. The summed E-state index contributed by atoms with van der Waals surface area (Å²) in [6.45, 7) is 12.9. The lowest BCUT2D eigenvalue weighted by atomic mass is 9.89. The van der Waals surface area contributed by atoms with Crippen LogP contribution in [0.5, 0.6) is 0 Å². The lowest BCUT2D eigenvalue weighted by Crippen LogP contribution is -2.43. The summed E-state index contributed by atoms with van der Waals surface area (Å²) in [4.78, 5) is 16.8. The van der Waals surface area contributed by atoms with Crippen LogP contribution < -0.4 is 0 Å². The zero-order chi connectivity index (χ0) is 15.2. The number of piperidine rings is 2. The molecular formula is C18H34N2O. The van der Waals surface area contributed by atoms with Crippen LogP contribution in [0.2, 0.25) is 0 Å². The number of likely N-dealkylation sites (tertiary alicyclic amines) is 2. The molecule has 2 aliphatic rings. The maximum Gasteiger partial charge on any atom is 0.132 e. The molecule has 0 bridgehead atoms. The molecule has 0 amide bonds. The van der Waals surface area contributed by atoms with Crippen LogP contribution in [0.1, 0.15) is 59.3 Å². The molecule has 0 spiro atoms. The fourth-order valence-electron chi connectivity index (χ4n) is 3.86. The summed E-state index contributed by atoms with van der Waals surface area (Å²) in [5.41, 5.74) is 0. The minimum absolute atomic E-state index is 0.453. The molecule has 0 unspecified atom stereocenters. The highest BCUT2D eigenvalue weighted by atomic mass is 16.1. The first-order valence-electron chi connectivity index (χ1n) is 9.06. The predicted octanol–water partition coefficient (Wildman–Crippen LogP) is 3.19. The molecule has 3 nitrogen and oxygen atoms in total. The van der Waals surface area contributed by atoms with E-state index in [4.69, 9.17) is 0 Å². The minimum atomic E-state index is 0.453. The largest absolute Gasteiger partial charge is 0.303 e. The van der Waals surface area contributed by atoms with Gasteiger partial charge in [0.25, 0.3) is 0 Å². The minimum Gasteiger partial charge on any atom is -0.303 e. The standard InChI is InChI=1S/C18H34N2O/c1-4-18(21)13-16-5-9-19(10-6-16)14-17-7-11-20(12-8-17)15(2)3/h15-17H,4-14H2,1-3H3. The van der Waals surface area contributed by atoms with Crippen molar-refractivity contribution < 1.29 is 4.79 Å². The van der Waals surface area contributed by atoms with E-state index in [0.717, 1.165) is 12.3 Å². The SMILES string of the molecule is CCC(=O)CC1CCN(CC2CCN(C(C)C)CC2)CC1. The predicted molar refractivity (Wildman–Crippen MR) is 88.5 cm³/mol. The van der Waals surface area contributed by atoms with Crippen molar-refractivity contribution in [3.63, 3.8) is 0 Å². The molecule has 0 aliphatic carbocycles. The monoisotopic (exact) mass is 294 g/mol. The summed E-state index contributed by atoms with van der Waals surface area (Å²) in [5, 5.41) is 0. The van der Waals surface area contributed by atoms with Gasteiger partial charge in [-0.2, -0.15) is 0 Å². The summed E-state index contributed by atoms with van der Waals surface area (Å²) in [6.07, 6.45) is 6.75. The van der Waals surface area contributed by atoms with Crippen LogP contribution in [0.4, 0.5) is 0 Å². The maximum absolute atomic E-state index is 11.5. The van der Waals surface area contributed by atoms with E-state index in [-0.39, 0.29) is 0 Å². The smallest absolute Gasteiger partial charge is 0.132 e. The fraction of sp³-hybridized carbons (Fsp3) is 0.944. The first-order valence-corrected chi connectivity index (χ1v) is 9.06. The van der Waals surface area contributed by atoms with Gasteiger partial charge in [0.2, 0.25) is 0 Å². The number of hydrogen-bond donors (Lipinski definition) is 0. The molecular weight excluding hydrogens is 260 g/mol. The highest BCUT2D eigenvalue weighted by molar-refractivity contribution is 5.78. The van der Waals surface area contributed by atoms with Gasteiger partial charge >= 0.3 is 0 Å². The fourth-order valence-corrected chi connectivity index (χ4v) is 3.86. The lowest BCUT2D eigenvalue weighted by Gasteiger charge is -2.38. The van der Waals surface area contributed by atoms with Crippen LogP contribution >= 0.6 is 0 Å². The summed E-state index contributed by atoms with van der Waals surface area (Å²) in [6, 6.07) is 0.706. The second kappa shape index (κ2) is 8.28. The highest BCUT2D eigenvalue weighted by Gasteiger charge is 2.25. The molecule has 0 atom stereocenters. The average Bonchev–Trinajstić information content (AvgIpc) is 2.49. The Morgan fingerprint density at radius 2 is 1.57 bits per heavy atom.